The first kappa shape index (κ1) is 6.20. The zero-order chi connectivity index (χ0) is 7.14. The third kappa shape index (κ3) is 0.678. The molecule has 0 unspecified atom stereocenters. The largest absolute Gasteiger partial charge is 0.359 e. The minimum atomic E-state index is 0.644. The average Bonchev–Trinajstić information content (AvgIpc) is 2.41. The van der Waals surface area contributed by atoms with Crippen molar-refractivity contribution in [2.24, 2.45) is 4.99 Å². The molecule has 0 amide bonds. The molecule has 2 aliphatic rings. The van der Waals surface area contributed by atoms with Crippen LogP contribution in [0.2, 0.25) is 0 Å². The van der Waals surface area contributed by atoms with Crippen LogP contribution in [0.15, 0.2) is 4.99 Å². The highest BCUT2D eigenvalue weighted by atomic mass is 15.3. The maximum atomic E-state index is 4.57. The lowest BCUT2D eigenvalue weighted by Gasteiger charge is -2.19. The summed E-state index contributed by atoms with van der Waals surface area (Å²) in [5, 5.41) is 0. The second-order valence-corrected chi connectivity index (χ2v) is 3.35. The summed E-state index contributed by atoms with van der Waals surface area (Å²) in [5.41, 5.74) is 0. The van der Waals surface area contributed by atoms with Crippen molar-refractivity contribution in [2.45, 2.75) is 38.3 Å². The van der Waals surface area contributed by atoms with Gasteiger partial charge in [-0.25, -0.2) is 0 Å². The van der Waals surface area contributed by atoms with Crippen molar-refractivity contribution in [3.63, 3.8) is 0 Å². The topological polar surface area (TPSA) is 15.6 Å². The van der Waals surface area contributed by atoms with Gasteiger partial charge in [-0.3, -0.25) is 4.99 Å². The molecule has 2 heteroatoms. The van der Waals surface area contributed by atoms with Gasteiger partial charge in [0.25, 0.3) is 0 Å². The number of amidine groups is 1. The molecule has 1 heterocycles. The Bertz CT molecular complexity index is 174. The van der Waals surface area contributed by atoms with Gasteiger partial charge in [0.15, 0.2) is 0 Å². The van der Waals surface area contributed by atoms with Crippen molar-refractivity contribution in [3.8, 4) is 0 Å². The SMILES string of the molecule is CC1=N[C@@H]2CCC[C@@H]2N1C. The Hall–Kier alpha value is -0.530. The van der Waals surface area contributed by atoms with E-state index in [-0.39, 0.29) is 0 Å². The Morgan fingerprint density at radius 3 is 3.00 bits per heavy atom. The Morgan fingerprint density at radius 1 is 1.50 bits per heavy atom. The fraction of sp³-hybridized carbons (Fsp3) is 0.875. The molecule has 0 aromatic heterocycles. The molecule has 0 saturated heterocycles. The first-order chi connectivity index (χ1) is 4.79. The van der Waals surface area contributed by atoms with Gasteiger partial charge < -0.3 is 4.90 Å². The molecule has 1 aliphatic heterocycles. The summed E-state index contributed by atoms with van der Waals surface area (Å²) in [6.45, 7) is 2.11. The molecule has 0 spiro atoms. The van der Waals surface area contributed by atoms with Gasteiger partial charge in [-0.1, -0.05) is 0 Å². The fourth-order valence-corrected chi connectivity index (χ4v) is 2.09. The van der Waals surface area contributed by atoms with Crippen molar-refractivity contribution >= 4 is 5.84 Å². The van der Waals surface area contributed by atoms with Gasteiger partial charge in [-0.05, 0) is 26.2 Å². The molecule has 56 valence electrons. The van der Waals surface area contributed by atoms with Crippen LogP contribution in [0.5, 0.6) is 0 Å². The molecule has 0 aromatic rings. The van der Waals surface area contributed by atoms with E-state index in [1.54, 1.807) is 0 Å². The minimum absolute atomic E-state index is 0.644. The first-order valence-corrected chi connectivity index (χ1v) is 4.06. The molecule has 0 aromatic carbocycles. The maximum Gasteiger partial charge on any atom is 0.0962 e. The van der Waals surface area contributed by atoms with Crippen LogP contribution in [-0.4, -0.2) is 29.9 Å². The highest BCUT2D eigenvalue weighted by Crippen LogP contribution is 2.30. The van der Waals surface area contributed by atoms with Crippen molar-refractivity contribution in [1.82, 2.24) is 4.90 Å². The van der Waals surface area contributed by atoms with Crippen molar-refractivity contribution in [3.05, 3.63) is 0 Å². The van der Waals surface area contributed by atoms with Crippen molar-refractivity contribution < 1.29 is 0 Å². The summed E-state index contributed by atoms with van der Waals surface area (Å²) in [6, 6.07) is 1.39. The minimum Gasteiger partial charge on any atom is -0.359 e. The molecule has 1 saturated carbocycles. The molecule has 2 atom stereocenters. The third-order valence-corrected chi connectivity index (χ3v) is 2.80. The number of nitrogens with zero attached hydrogens (tertiary/aromatic N) is 2. The normalized spacial score (nSPS) is 38.2. The molecule has 0 radical (unpaired) electrons. The molecule has 0 bridgehead atoms. The first-order valence-electron chi connectivity index (χ1n) is 4.06. The van der Waals surface area contributed by atoms with Gasteiger partial charge in [0.05, 0.1) is 17.9 Å². The second kappa shape index (κ2) is 1.97. The Kier molecular flexibility index (Phi) is 1.22. The van der Waals surface area contributed by atoms with Gasteiger partial charge >= 0.3 is 0 Å². The zero-order valence-electron chi connectivity index (χ0n) is 6.67. The Morgan fingerprint density at radius 2 is 2.30 bits per heavy atom. The number of aliphatic imine (C=N–C) groups is 1. The molecule has 1 fully saturated rings. The van der Waals surface area contributed by atoms with E-state index in [4.69, 9.17) is 0 Å². The van der Waals surface area contributed by atoms with E-state index in [1.807, 2.05) is 0 Å². The van der Waals surface area contributed by atoms with Gasteiger partial charge in [-0.15, -0.1) is 0 Å². The summed E-state index contributed by atoms with van der Waals surface area (Å²) in [6.07, 6.45) is 4.03. The van der Waals surface area contributed by atoms with Crippen LogP contribution in [0, 0.1) is 0 Å². The van der Waals surface area contributed by atoms with Crippen LogP contribution in [0.4, 0.5) is 0 Å². The fourth-order valence-electron chi connectivity index (χ4n) is 2.09. The van der Waals surface area contributed by atoms with Crippen LogP contribution in [-0.2, 0) is 0 Å². The molecule has 2 nitrogen and oxygen atoms in total. The number of hydrogen-bond donors (Lipinski definition) is 0. The monoisotopic (exact) mass is 138 g/mol. The molecule has 0 N–H and O–H groups in total. The van der Waals surface area contributed by atoms with Gasteiger partial charge in [-0.2, -0.15) is 0 Å². The van der Waals surface area contributed by atoms with Crippen LogP contribution in [0.3, 0.4) is 0 Å². The zero-order valence-corrected chi connectivity index (χ0v) is 6.67. The summed E-state index contributed by atoms with van der Waals surface area (Å²) < 4.78 is 0. The molecular weight excluding hydrogens is 124 g/mol. The number of likely N-dealkylation sites (N-methyl/N-ethyl adjacent to an activating group) is 1. The highest BCUT2D eigenvalue weighted by Gasteiger charge is 2.35. The van der Waals surface area contributed by atoms with Gasteiger partial charge in [0.2, 0.25) is 0 Å². The van der Waals surface area contributed by atoms with E-state index in [1.165, 1.54) is 25.1 Å². The summed E-state index contributed by atoms with van der Waals surface area (Å²) in [4.78, 5) is 6.91. The van der Waals surface area contributed by atoms with Crippen LogP contribution < -0.4 is 0 Å². The lowest BCUT2D eigenvalue weighted by atomic mass is 10.2. The lowest BCUT2D eigenvalue weighted by molar-refractivity contribution is 0.379. The van der Waals surface area contributed by atoms with Crippen molar-refractivity contribution in [2.75, 3.05) is 7.05 Å². The van der Waals surface area contributed by atoms with Crippen molar-refractivity contribution in [1.29, 1.82) is 0 Å². The van der Waals surface area contributed by atoms with Crippen LogP contribution in [0.25, 0.3) is 0 Å². The van der Waals surface area contributed by atoms with E-state index >= 15 is 0 Å². The Labute approximate surface area is 61.9 Å². The summed E-state index contributed by atoms with van der Waals surface area (Å²) in [5.74, 6) is 1.23. The van der Waals surface area contributed by atoms with E-state index in [9.17, 15) is 0 Å². The van der Waals surface area contributed by atoms with Crippen LogP contribution >= 0.6 is 0 Å². The third-order valence-electron chi connectivity index (χ3n) is 2.80. The van der Waals surface area contributed by atoms with E-state index in [0.717, 1.165) is 6.04 Å². The predicted molar refractivity (Wildman–Crippen MR) is 42.3 cm³/mol. The lowest BCUT2D eigenvalue weighted by Crippen LogP contribution is -2.32. The standard InChI is InChI=1S/C8H14N2/c1-6-9-7-4-3-5-8(7)10(6)2/h7-8H,3-5H2,1-2H3/t7-,8+/m1/s1. The predicted octanol–water partition coefficient (Wildman–Crippen LogP) is 1.27. The van der Waals surface area contributed by atoms with E-state index < -0.39 is 0 Å². The van der Waals surface area contributed by atoms with E-state index in [2.05, 4.69) is 23.9 Å². The molecular formula is C8H14N2. The quantitative estimate of drug-likeness (QED) is 0.492. The number of hydrogen-bond acceptors (Lipinski definition) is 2. The number of rotatable bonds is 0. The smallest absolute Gasteiger partial charge is 0.0962 e. The van der Waals surface area contributed by atoms with Crippen LogP contribution in [0.1, 0.15) is 26.2 Å². The number of fused-ring (bicyclic) bond motifs is 1. The highest BCUT2D eigenvalue weighted by molar-refractivity contribution is 5.82. The molecule has 2 rings (SSSR count). The summed E-state index contributed by atoms with van der Waals surface area (Å²) in [7, 11) is 2.16. The Balaban J connectivity index is 2.20. The molecule has 10 heavy (non-hydrogen) atoms. The average molecular weight is 138 g/mol. The molecule has 1 aliphatic carbocycles. The van der Waals surface area contributed by atoms with E-state index in [0.29, 0.717) is 6.04 Å². The maximum absolute atomic E-state index is 4.57. The van der Waals surface area contributed by atoms with Gasteiger partial charge in [0.1, 0.15) is 0 Å². The second-order valence-electron chi connectivity index (χ2n) is 3.35. The van der Waals surface area contributed by atoms with Gasteiger partial charge in [0, 0.05) is 7.05 Å². The summed E-state index contributed by atoms with van der Waals surface area (Å²) >= 11 is 0.